The van der Waals surface area contributed by atoms with Crippen LogP contribution in [0.5, 0.6) is 11.5 Å². The second-order valence-electron chi connectivity index (χ2n) is 16.0. The Hall–Kier alpha value is -4.31. The maximum Gasteiger partial charge on any atom is 0.500 e. The molecule has 0 saturated heterocycles. The number of carboxylic acids is 1. The van der Waals surface area contributed by atoms with Gasteiger partial charge >= 0.3 is 20.9 Å². The van der Waals surface area contributed by atoms with Gasteiger partial charge in [-0.2, -0.15) is 0 Å². The highest BCUT2D eigenvalue weighted by atomic mass is 28.4. The summed E-state index contributed by atoms with van der Waals surface area (Å²) in [7, 11) is -2.85. The third kappa shape index (κ3) is 8.15. The number of nitrogens with one attached hydrogen (secondary N) is 1. The molecule has 0 fully saturated rings. The van der Waals surface area contributed by atoms with E-state index in [-0.39, 0.29) is 18.6 Å². The molecule has 5 aliphatic heterocycles. The van der Waals surface area contributed by atoms with E-state index in [0.717, 1.165) is 111 Å². The van der Waals surface area contributed by atoms with Crippen molar-refractivity contribution in [1.29, 1.82) is 0 Å². The van der Waals surface area contributed by atoms with Crippen LogP contribution in [0, 0.1) is 0 Å². The topological polar surface area (TPSA) is 148 Å². The zero-order valence-corrected chi connectivity index (χ0v) is 35.7. The van der Waals surface area contributed by atoms with Crippen LogP contribution in [-0.4, -0.2) is 90.4 Å². The quantitative estimate of drug-likeness (QED) is 0.0384. The van der Waals surface area contributed by atoms with Crippen molar-refractivity contribution in [3.8, 4) is 11.5 Å². The normalized spacial score (nSPS) is 17.0. The van der Waals surface area contributed by atoms with Crippen LogP contribution in [0.25, 0.3) is 5.57 Å². The van der Waals surface area contributed by atoms with E-state index in [1.807, 2.05) is 26.8 Å². The van der Waals surface area contributed by atoms with E-state index in [1.165, 1.54) is 33.3 Å². The summed E-state index contributed by atoms with van der Waals surface area (Å²) in [5, 5.41) is 25.8. The molecule has 3 aromatic rings. The summed E-state index contributed by atoms with van der Waals surface area (Å²) in [5.41, 5.74) is 9.64. The molecule has 0 radical (unpaired) electrons. The van der Waals surface area contributed by atoms with Crippen molar-refractivity contribution in [2.75, 3.05) is 64.1 Å². The largest absolute Gasteiger partial charge is 0.500 e. The predicted octanol–water partition coefficient (Wildman–Crippen LogP) is 5.91. The van der Waals surface area contributed by atoms with E-state index in [9.17, 15) is 20.0 Å². The Morgan fingerprint density at radius 3 is 2.32 bits per heavy atom. The fourth-order valence-electron chi connectivity index (χ4n) is 10.1. The van der Waals surface area contributed by atoms with Crippen LogP contribution in [0.3, 0.4) is 0 Å². The number of rotatable bonds is 17. The van der Waals surface area contributed by atoms with Gasteiger partial charge in [0.2, 0.25) is 5.36 Å². The number of aryl methyl sites for hydroxylation is 2. The first-order chi connectivity index (χ1) is 28.8. The van der Waals surface area contributed by atoms with Crippen LogP contribution in [0.4, 0.5) is 10.5 Å². The fraction of sp³-hybridized carbons (Fsp3) is 0.533. The van der Waals surface area contributed by atoms with Gasteiger partial charge in [-0.05, 0) is 107 Å². The molecule has 0 aliphatic carbocycles. The molecule has 316 valence electrons. The predicted molar refractivity (Wildman–Crippen MR) is 224 cm³/mol. The zero-order chi connectivity index (χ0) is 41.1. The Balaban J connectivity index is 1.14. The van der Waals surface area contributed by atoms with Gasteiger partial charge in [0.25, 0.3) is 0 Å². The first-order valence-electron chi connectivity index (χ1n) is 21.7. The lowest BCUT2D eigenvalue weighted by Crippen LogP contribution is -2.46. The van der Waals surface area contributed by atoms with Gasteiger partial charge in [-0.1, -0.05) is 6.07 Å². The van der Waals surface area contributed by atoms with Crippen molar-refractivity contribution >= 4 is 32.1 Å². The third-order valence-corrected chi connectivity index (χ3v) is 15.5. The second-order valence-corrected chi connectivity index (χ2v) is 18.7. The van der Waals surface area contributed by atoms with Gasteiger partial charge in [-0.15, -0.1) is 0 Å². The lowest BCUT2D eigenvalue weighted by Gasteiger charge is -2.39. The number of aromatic carboxylic acids is 1. The van der Waals surface area contributed by atoms with Crippen molar-refractivity contribution in [3.63, 3.8) is 0 Å². The number of carbonyl (C=O) groups excluding carboxylic acids is 1. The molecule has 13 nitrogen and oxygen atoms in total. The minimum atomic E-state index is -2.85. The molecule has 8 rings (SSSR count). The number of carbonyl (C=O) groups is 2. The number of ether oxygens (including phenoxy) is 2. The monoisotopic (exact) mass is 828 g/mol. The molecule has 1 amide bonds. The molecule has 0 saturated carbocycles. The van der Waals surface area contributed by atoms with Crippen LogP contribution < -0.4 is 30.1 Å². The van der Waals surface area contributed by atoms with E-state index >= 15 is 0 Å². The summed E-state index contributed by atoms with van der Waals surface area (Å²) in [4.78, 5) is 33.0. The summed E-state index contributed by atoms with van der Waals surface area (Å²) in [5.74, 6) is 0.658. The average molecular weight is 829 g/mol. The standard InChI is InChI=1S/C45H57N3O10Si/c1-4-54-59(55-5-2,56-6-3)25-11-19-46-45(51)53-24-18-38(58-52)35-28-31(44(49)50)16-17-32(35)39-36-26-29-12-7-20-47-22-9-14-33(40(29)47)42(36)57-43-34-15-10-23-48-21-8-13-30(41(34)48)27-37(39)43/h16-17,26-28,38H,4-15,18-25H2,1-3H3,(H2-,46,49,50,51,52)/p+1. The Labute approximate surface area is 346 Å². The Morgan fingerprint density at radius 2 is 1.59 bits per heavy atom. The van der Waals surface area contributed by atoms with Crippen LogP contribution in [-0.2, 0) is 48.6 Å². The van der Waals surface area contributed by atoms with E-state index < -0.39 is 27.0 Å². The Kier molecular flexibility index (Phi) is 12.7. The zero-order valence-electron chi connectivity index (χ0n) is 34.7. The molecule has 0 bridgehead atoms. The Morgan fingerprint density at radius 1 is 0.881 bits per heavy atom. The number of carboxylic acid groups (broad SMARTS) is 1. The lowest BCUT2D eigenvalue weighted by atomic mass is 9.81. The highest BCUT2D eigenvalue weighted by molar-refractivity contribution is 6.60. The van der Waals surface area contributed by atoms with Crippen molar-refractivity contribution in [1.82, 2.24) is 9.89 Å². The SMILES string of the molecule is CCO[Si](CCCNC(=O)OCCC(OO)c1cc(C(=O)O)ccc1C1=c2cc3c4c(c2Oc2c1cc1c5c2CCCN5CCC1)CCC[N+]=4CCC3)(OCC)OCC. The number of nitrogens with zero attached hydrogens (tertiary/aromatic N) is 2. The van der Waals surface area contributed by atoms with Crippen LogP contribution in [0.2, 0.25) is 6.04 Å². The number of anilines is 1. The van der Waals surface area contributed by atoms with Crippen LogP contribution in [0.1, 0.15) is 115 Å². The number of fused-ring (bicyclic) bond motifs is 4. The van der Waals surface area contributed by atoms with E-state index in [1.54, 1.807) is 12.1 Å². The van der Waals surface area contributed by atoms with Crippen molar-refractivity contribution in [2.24, 2.45) is 0 Å². The number of hydrogen-bond acceptors (Lipinski definition) is 10. The summed E-state index contributed by atoms with van der Waals surface area (Å²) in [6.07, 6.45) is 7.05. The van der Waals surface area contributed by atoms with E-state index in [0.29, 0.717) is 44.4 Å². The molecular formula is C45H58N3O10Si+. The first-order valence-corrected chi connectivity index (χ1v) is 23.7. The molecule has 5 heterocycles. The van der Waals surface area contributed by atoms with Crippen molar-refractivity contribution in [3.05, 3.63) is 85.4 Å². The minimum absolute atomic E-state index is 0.0655. The first kappa shape index (κ1) is 41.4. The molecule has 1 atom stereocenters. The summed E-state index contributed by atoms with van der Waals surface area (Å²) >= 11 is 0. The summed E-state index contributed by atoms with van der Waals surface area (Å²) in [6.45, 7) is 11.5. The highest BCUT2D eigenvalue weighted by Gasteiger charge is 2.40. The third-order valence-electron chi connectivity index (χ3n) is 12.4. The van der Waals surface area contributed by atoms with Gasteiger partial charge in [-0.3, -0.25) is 5.26 Å². The number of benzene rings is 3. The molecule has 1 unspecified atom stereocenters. The van der Waals surface area contributed by atoms with E-state index in [2.05, 4.69) is 26.9 Å². The maximum absolute atomic E-state index is 12.9. The summed E-state index contributed by atoms with van der Waals surface area (Å²) < 4.78 is 33.1. The van der Waals surface area contributed by atoms with Gasteiger partial charge in [0, 0.05) is 97.9 Å². The summed E-state index contributed by atoms with van der Waals surface area (Å²) in [6, 6.07) is 10.2. The molecular weight excluding hydrogens is 771 g/mol. The number of alkyl carbamates (subject to hydrolysis) is 1. The van der Waals surface area contributed by atoms with Crippen LogP contribution >= 0.6 is 0 Å². The van der Waals surface area contributed by atoms with Gasteiger partial charge in [-0.25, -0.2) is 19.1 Å². The maximum atomic E-state index is 12.9. The molecule has 0 aromatic heterocycles. The average Bonchev–Trinajstić information content (AvgIpc) is 3.24. The second kappa shape index (κ2) is 18.1. The van der Waals surface area contributed by atoms with Crippen molar-refractivity contribution < 1.29 is 47.6 Å². The van der Waals surface area contributed by atoms with Gasteiger partial charge in [0.15, 0.2) is 0 Å². The fourth-order valence-corrected chi connectivity index (χ4v) is 12.7. The Bertz CT molecular complexity index is 2200. The molecule has 3 N–H and O–H groups in total. The van der Waals surface area contributed by atoms with Gasteiger partial charge in [0.05, 0.1) is 17.7 Å². The smallest absolute Gasteiger partial charge is 0.478 e. The van der Waals surface area contributed by atoms with Gasteiger partial charge < -0.3 is 38.1 Å². The van der Waals surface area contributed by atoms with Gasteiger partial charge in [0.1, 0.15) is 30.7 Å². The number of hydrogen-bond donors (Lipinski definition) is 3. The molecule has 0 spiro atoms. The molecule has 5 aliphatic rings. The van der Waals surface area contributed by atoms with Crippen molar-refractivity contribution in [2.45, 2.75) is 97.1 Å². The molecule has 59 heavy (non-hydrogen) atoms. The van der Waals surface area contributed by atoms with Crippen LogP contribution in [0.15, 0.2) is 30.3 Å². The van der Waals surface area contributed by atoms with E-state index in [4.69, 9.17) is 27.6 Å². The minimum Gasteiger partial charge on any atom is -0.478 e. The molecule has 3 aromatic carbocycles. The lowest BCUT2D eigenvalue weighted by molar-refractivity contribution is -0.284. The highest BCUT2D eigenvalue weighted by Crippen LogP contribution is 2.49. The number of amides is 1. The molecule has 14 heteroatoms.